The standard InChI is InChI=1S/C50H50N2O13/c1-31(58-44(53)33-21-11-5-12-22-33)39-42(62-47(56)36-27-17-8-18-28-36)43-50(63-39,65-49(2,3)64-43)52-29-37-40(60-45(54)34-23-13-6-14-24-34)41(61-46(55)35-25-15-7-16-26-35)38(51)48(59-37)57-30-32-19-9-4-10-20-32/h4-28,31,37-43,48,52H,29-30,51H2,1-3H3/t31-,37-,38-,39-,40-,41-,42+,43-,48+,50-/m1/s1. The van der Waals surface area contributed by atoms with Gasteiger partial charge < -0.3 is 48.4 Å². The number of benzene rings is 5. The second kappa shape index (κ2) is 19.8. The molecule has 5 aromatic rings. The maximum atomic E-state index is 13.9. The highest BCUT2D eigenvalue weighted by atomic mass is 16.9. The first-order valence-electron chi connectivity index (χ1n) is 21.3. The number of ether oxygens (including phenoxy) is 9. The van der Waals surface area contributed by atoms with Crippen molar-refractivity contribution in [3.63, 3.8) is 0 Å². The summed E-state index contributed by atoms with van der Waals surface area (Å²) >= 11 is 0. The summed E-state index contributed by atoms with van der Waals surface area (Å²) < 4.78 is 57.0. The highest BCUT2D eigenvalue weighted by Gasteiger charge is 2.68. The Morgan fingerprint density at radius 3 is 1.57 bits per heavy atom. The van der Waals surface area contributed by atoms with Gasteiger partial charge in [0, 0.05) is 6.54 Å². The number of hydrogen-bond acceptors (Lipinski definition) is 15. The van der Waals surface area contributed by atoms with Crippen LogP contribution in [0.15, 0.2) is 152 Å². The van der Waals surface area contributed by atoms with Crippen molar-refractivity contribution in [1.29, 1.82) is 0 Å². The van der Waals surface area contributed by atoms with Crippen LogP contribution in [0.5, 0.6) is 0 Å². The molecule has 0 aromatic heterocycles. The normalized spacial score (nSPS) is 27.1. The van der Waals surface area contributed by atoms with Gasteiger partial charge in [0.15, 0.2) is 36.5 Å². The molecule has 0 unspecified atom stereocenters. The number of fused-ring (bicyclic) bond motifs is 1. The van der Waals surface area contributed by atoms with Crippen molar-refractivity contribution in [3.05, 3.63) is 179 Å². The summed E-state index contributed by atoms with van der Waals surface area (Å²) in [6.07, 6.45) is -9.64. The Labute approximate surface area is 375 Å². The molecule has 3 fully saturated rings. The number of rotatable bonds is 15. The van der Waals surface area contributed by atoms with Crippen molar-refractivity contribution in [1.82, 2.24) is 5.32 Å². The van der Waals surface area contributed by atoms with Crippen molar-refractivity contribution in [2.45, 2.75) is 94.1 Å². The van der Waals surface area contributed by atoms with Crippen LogP contribution in [0.25, 0.3) is 0 Å². The van der Waals surface area contributed by atoms with Crippen molar-refractivity contribution in [2.75, 3.05) is 6.54 Å². The van der Waals surface area contributed by atoms with E-state index in [0.29, 0.717) is 5.56 Å². The van der Waals surface area contributed by atoms with Crippen LogP contribution in [0.3, 0.4) is 0 Å². The molecule has 10 atom stereocenters. The average molecular weight is 887 g/mol. The van der Waals surface area contributed by atoms with Gasteiger partial charge in [-0.05, 0) is 74.9 Å². The van der Waals surface area contributed by atoms with E-state index >= 15 is 0 Å². The van der Waals surface area contributed by atoms with Crippen molar-refractivity contribution < 1.29 is 61.8 Å². The van der Waals surface area contributed by atoms with Gasteiger partial charge in [-0.3, -0.25) is 5.32 Å². The lowest BCUT2D eigenvalue weighted by atomic mass is 9.96. The zero-order valence-corrected chi connectivity index (χ0v) is 35.9. The van der Waals surface area contributed by atoms with E-state index in [2.05, 4.69) is 5.32 Å². The fourth-order valence-corrected chi connectivity index (χ4v) is 8.02. The molecule has 65 heavy (non-hydrogen) atoms. The SMILES string of the molecule is C[C@@H](OC(=O)c1ccccc1)[C@H]1O[C@@]2(NC[C@H]3O[C@H](OCc4ccccc4)[C@H](N)[C@@H](OC(=O)c4ccccc4)[C@@H]3OC(=O)c3ccccc3)OC(C)(C)O[C@@H]2[C@H]1OC(=O)c1ccccc1. The molecular weight excluding hydrogens is 837 g/mol. The second-order valence-electron chi connectivity index (χ2n) is 16.3. The van der Waals surface area contributed by atoms with Gasteiger partial charge in [-0.25, -0.2) is 19.2 Å². The molecule has 3 N–H and O–H groups in total. The van der Waals surface area contributed by atoms with Gasteiger partial charge in [-0.15, -0.1) is 0 Å². The molecule has 0 saturated carbocycles. The third kappa shape index (κ3) is 10.5. The van der Waals surface area contributed by atoms with Gasteiger partial charge in [-0.2, -0.15) is 0 Å². The average Bonchev–Trinajstić information content (AvgIpc) is 3.76. The molecule has 5 aromatic carbocycles. The Balaban J connectivity index is 1.13. The van der Waals surface area contributed by atoms with Crippen LogP contribution in [0.1, 0.15) is 67.8 Å². The molecule has 3 heterocycles. The van der Waals surface area contributed by atoms with Gasteiger partial charge in [0.25, 0.3) is 5.91 Å². The van der Waals surface area contributed by atoms with E-state index in [-0.39, 0.29) is 29.8 Å². The minimum atomic E-state index is -1.91. The van der Waals surface area contributed by atoms with Gasteiger partial charge in [-0.1, -0.05) is 103 Å². The fraction of sp³-hybridized carbons (Fsp3) is 0.320. The first-order chi connectivity index (χ1) is 31.4. The van der Waals surface area contributed by atoms with Crippen LogP contribution in [0.2, 0.25) is 0 Å². The van der Waals surface area contributed by atoms with Crippen molar-refractivity contribution in [2.24, 2.45) is 5.73 Å². The first-order valence-corrected chi connectivity index (χ1v) is 21.3. The largest absolute Gasteiger partial charge is 0.456 e. The van der Waals surface area contributed by atoms with Gasteiger partial charge in [0.2, 0.25) is 0 Å². The number of nitrogens with two attached hydrogens (primary N) is 1. The highest BCUT2D eigenvalue weighted by Crippen LogP contribution is 2.46. The topological polar surface area (TPSA) is 189 Å². The Kier molecular flexibility index (Phi) is 13.8. The smallest absolute Gasteiger partial charge is 0.338 e. The van der Waals surface area contributed by atoms with Gasteiger partial charge in [0.05, 0.1) is 34.9 Å². The Bertz CT molecular complexity index is 2390. The molecular formula is C50H50N2O13. The van der Waals surface area contributed by atoms with Crippen LogP contribution in [-0.2, 0) is 49.2 Å². The predicted octanol–water partition coefficient (Wildman–Crippen LogP) is 5.97. The number of nitrogens with one attached hydrogen (secondary N) is 1. The molecule has 0 amide bonds. The summed E-state index contributed by atoms with van der Waals surface area (Å²) in [7, 11) is 0. The van der Waals surface area contributed by atoms with E-state index in [4.69, 9.17) is 48.4 Å². The summed E-state index contributed by atoms with van der Waals surface area (Å²) in [5.74, 6) is -6.01. The minimum absolute atomic E-state index is 0.0726. The third-order valence-corrected chi connectivity index (χ3v) is 11.1. The molecule has 3 aliphatic rings. The lowest BCUT2D eigenvalue weighted by molar-refractivity contribution is -0.293. The van der Waals surface area contributed by atoms with Crippen LogP contribution >= 0.6 is 0 Å². The lowest BCUT2D eigenvalue weighted by Crippen LogP contribution is -2.67. The Morgan fingerprint density at radius 1 is 0.615 bits per heavy atom. The van der Waals surface area contributed by atoms with E-state index in [0.717, 1.165) is 5.56 Å². The zero-order valence-electron chi connectivity index (χ0n) is 35.9. The van der Waals surface area contributed by atoms with E-state index in [1.54, 1.807) is 142 Å². The maximum Gasteiger partial charge on any atom is 0.338 e. The summed E-state index contributed by atoms with van der Waals surface area (Å²) in [5, 5.41) is 3.30. The summed E-state index contributed by atoms with van der Waals surface area (Å²) in [4.78, 5) is 54.8. The lowest BCUT2D eigenvalue weighted by Gasteiger charge is -2.44. The molecule has 3 saturated heterocycles. The van der Waals surface area contributed by atoms with Crippen LogP contribution < -0.4 is 11.1 Å². The van der Waals surface area contributed by atoms with E-state index < -0.39 is 90.6 Å². The molecule has 15 nitrogen and oxygen atoms in total. The molecule has 3 aliphatic heterocycles. The second-order valence-corrected chi connectivity index (χ2v) is 16.3. The Hall–Kier alpha value is -6.30. The van der Waals surface area contributed by atoms with Crippen LogP contribution in [0.4, 0.5) is 0 Å². The van der Waals surface area contributed by atoms with Crippen molar-refractivity contribution >= 4 is 23.9 Å². The minimum Gasteiger partial charge on any atom is -0.456 e. The predicted molar refractivity (Wildman–Crippen MR) is 232 cm³/mol. The van der Waals surface area contributed by atoms with Crippen LogP contribution in [-0.4, -0.2) is 97.2 Å². The van der Waals surface area contributed by atoms with Crippen molar-refractivity contribution in [3.8, 4) is 0 Å². The van der Waals surface area contributed by atoms with Crippen LogP contribution in [0, 0.1) is 0 Å². The monoisotopic (exact) mass is 886 g/mol. The zero-order chi connectivity index (χ0) is 45.6. The molecule has 0 bridgehead atoms. The van der Waals surface area contributed by atoms with E-state index in [9.17, 15) is 19.2 Å². The third-order valence-electron chi connectivity index (χ3n) is 11.1. The molecule has 8 rings (SSSR count). The first kappa shape index (κ1) is 45.3. The van der Waals surface area contributed by atoms with E-state index in [1.165, 1.54) is 0 Å². The summed E-state index contributed by atoms with van der Waals surface area (Å²) in [5.41, 5.74) is 8.70. The number of hydrogen-bond donors (Lipinski definition) is 2. The summed E-state index contributed by atoms with van der Waals surface area (Å²) in [6.45, 7) is 4.76. The van der Waals surface area contributed by atoms with E-state index in [1.807, 2.05) is 30.3 Å². The number of carbonyl (C=O) groups excluding carboxylic acids is 4. The highest BCUT2D eigenvalue weighted by molar-refractivity contribution is 5.91. The quantitative estimate of drug-likeness (QED) is 0.0923. The Morgan fingerprint density at radius 2 is 1.06 bits per heavy atom. The molecule has 0 aliphatic carbocycles. The summed E-state index contributed by atoms with van der Waals surface area (Å²) in [6, 6.07) is 41.6. The molecule has 0 spiro atoms. The number of carbonyl (C=O) groups is 4. The molecule has 0 radical (unpaired) electrons. The molecule has 15 heteroatoms. The maximum absolute atomic E-state index is 13.9. The van der Waals surface area contributed by atoms with Gasteiger partial charge >= 0.3 is 23.9 Å². The number of esters is 4. The van der Waals surface area contributed by atoms with Gasteiger partial charge in [0.1, 0.15) is 18.3 Å². The fourth-order valence-electron chi connectivity index (χ4n) is 8.02. The molecule has 338 valence electrons.